The van der Waals surface area contributed by atoms with Crippen LogP contribution in [0.3, 0.4) is 0 Å². The summed E-state index contributed by atoms with van der Waals surface area (Å²) in [4.78, 5) is 18.9. The molecular weight excluding hydrogens is 332 g/mol. The monoisotopic (exact) mass is 342 g/mol. The molecule has 0 fully saturated rings. The maximum atomic E-state index is 11.0. The third-order valence-electron chi connectivity index (χ3n) is 2.39. The Morgan fingerprint density at radius 1 is 1.58 bits per heavy atom. The Morgan fingerprint density at radius 3 is 2.89 bits per heavy atom. The molecule has 0 aliphatic carbocycles. The third kappa shape index (κ3) is 3.27. The van der Waals surface area contributed by atoms with E-state index in [9.17, 15) is 10.1 Å². The maximum absolute atomic E-state index is 11.0. The molecule has 2 rings (SSSR count). The SMILES string of the molecule is Cc1csc(C(C)Nc2ncc(Br)cc2[N+](=O)[O-])n1. The molecule has 2 aromatic rings. The molecule has 1 N–H and O–H groups in total. The van der Waals surface area contributed by atoms with Gasteiger partial charge in [-0.25, -0.2) is 9.97 Å². The van der Waals surface area contributed by atoms with Gasteiger partial charge in [-0.2, -0.15) is 0 Å². The van der Waals surface area contributed by atoms with Gasteiger partial charge in [0, 0.05) is 27.8 Å². The number of nitro groups is 1. The van der Waals surface area contributed by atoms with E-state index in [-0.39, 0.29) is 17.5 Å². The smallest absolute Gasteiger partial charge is 0.312 e. The van der Waals surface area contributed by atoms with Gasteiger partial charge >= 0.3 is 5.69 Å². The largest absolute Gasteiger partial charge is 0.355 e. The summed E-state index contributed by atoms with van der Waals surface area (Å²) in [5, 5.41) is 16.8. The van der Waals surface area contributed by atoms with E-state index in [1.807, 2.05) is 19.2 Å². The van der Waals surface area contributed by atoms with Gasteiger partial charge < -0.3 is 5.32 Å². The van der Waals surface area contributed by atoms with Crippen molar-refractivity contribution >= 4 is 38.8 Å². The lowest BCUT2D eigenvalue weighted by atomic mass is 10.3. The average Bonchev–Trinajstić information content (AvgIpc) is 2.78. The van der Waals surface area contributed by atoms with Crippen molar-refractivity contribution in [3.8, 4) is 0 Å². The summed E-state index contributed by atoms with van der Waals surface area (Å²) in [6.07, 6.45) is 1.52. The Morgan fingerprint density at radius 2 is 2.32 bits per heavy atom. The number of anilines is 1. The summed E-state index contributed by atoms with van der Waals surface area (Å²) in [6.45, 7) is 3.80. The molecule has 1 unspecified atom stereocenters. The van der Waals surface area contributed by atoms with E-state index in [1.54, 1.807) is 0 Å². The second kappa shape index (κ2) is 5.62. The lowest BCUT2D eigenvalue weighted by Crippen LogP contribution is -2.09. The second-order valence-electron chi connectivity index (χ2n) is 3.97. The van der Waals surface area contributed by atoms with Crippen molar-refractivity contribution in [2.45, 2.75) is 19.9 Å². The number of aromatic nitrogens is 2. The Kier molecular flexibility index (Phi) is 4.11. The minimum absolute atomic E-state index is 0.0606. The van der Waals surface area contributed by atoms with Gasteiger partial charge in [0.2, 0.25) is 5.82 Å². The summed E-state index contributed by atoms with van der Waals surface area (Å²) in [7, 11) is 0. The average molecular weight is 343 g/mol. The molecule has 6 nitrogen and oxygen atoms in total. The Labute approximate surface area is 122 Å². The predicted molar refractivity (Wildman–Crippen MR) is 77.5 cm³/mol. The lowest BCUT2D eigenvalue weighted by Gasteiger charge is -2.11. The zero-order chi connectivity index (χ0) is 14.0. The number of halogens is 1. The molecule has 0 radical (unpaired) electrons. The number of nitrogens with one attached hydrogen (secondary N) is 1. The normalized spacial score (nSPS) is 12.2. The number of hydrogen-bond acceptors (Lipinski definition) is 6. The Bertz CT molecular complexity index is 616. The molecule has 19 heavy (non-hydrogen) atoms. The van der Waals surface area contributed by atoms with Gasteiger partial charge in [0.15, 0.2) is 0 Å². The number of pyridine rings is 1. The predicted octanol–water partition coefficient (Wildman–Crippen LogP) is 3.69. The van der Waals surface area contributed by atoms with Crippen LogP contribution in [-0.2, 0) is 0 Å². The third-order valence-corrected chi connectivity index (χ3v) is 3.97. The molecule has 0 saturated heterocycles. The first-order chi connectivity index (χ1) is 8.97. The van der Waals surface area contributed by atoms with E-state index in [0.29, 0.717) is 4.47 Å². The number of hydrogen-bond donors (Lipinski definition) is 1. The highest BCUT2D eigenvalue weighted by Gasteiger charge is 2.19. The first kappa shape index (κ1) is 13.9. The molecule has 0 aliphatic heterocycles. The standard InChI is InChI=1S/C11H11BrN4O2S/c1-6-5-19-11(14-6)7(2)15-10-9(16(17)18)3-8(12)4-13-10/h3-5,7H,1-2H3,(H,13,15). The minimum atomic E-state index is -0.458. The maximum Gasteiger partial charge on any atom is 0.312 e. The molecular formula is C11H11BrN4O2S. The van der Waals surface area contributed by atoms with Gasteiger partial charge in [0.25, 0.3) is 0 Å². The quantitative estimate of drug-likeness (QED) is 0.676. The van der Waals surface area contributed by atoms with Crippen LogP contribution in [-0.4, -0.2) is 14.9 Å². The van der Waals surface area contributed by atoms with E-state index in [1.165, 1.54) is 23.6 Å². The summed E-state index contributed by atoms with van der Waals surface area (Å²) in [5.74, 6) is 0.244. The molecule has 0 saturated carbocycles. The summed E-state index contributed by atoms with van der Waals surface area (Å²) in [6, 6.07) is 1.29. The van der Waals surface area contributed by atoms with Gasteiger partial charge in [-0.15, -0.1) is 11.3 Å². The van der Waals surface area contributed by atoms with Crippen LogP contribution in [0.4, 0.5) is 11.5 Å². The molecule has 0 amide bonds. The Hall–Kier alpha value is -1.54. The van der Waals surface area contributed by atoms with Crippen LogP contribution >= 0.6 is 27.3 Å². The fourth-order valence-corrected chi connectivity index (χ4v) is 2.64. The van der Waals surface area contributed by atoms with Crippen LogP contribution in [0.2, 0.25) is 0 Å². The van der Waals surface area contributed by atoms with Crippen LogP contribution in [0.25, 0.3) is 0 Å². The highest BCUT2D eigenvalue weighted by molar-refractivity contribution is 9.10. The first-order valence-corrected chi connectivity index (χ1v) is 7.13. The first-order valence-electron chi connectivity index (χ1n) is 5.46. The van der Waals surface area contributed by atoms with E-state index < -0.39 is 4.92 Å². The molecule has 1 atom stereocenters. The zero-order valence-corrected chi connectivity index (χ0v) is 12.7. The highest BCUT2D eigenvalue weighted by Crippen LogP contribution is 2.29. The van der Waals surface area contributed by atoms with Gasteiger partial charge in [-0.3, -0.25) is 10.1 Å². The molecule has 0 aromatic carbocycles. The van der Waals surface area contributed by atoms with Crippen molar-refractivity contribution in [2.24, 2.45) is 0 Å². The molecule has 8 heteroatoms. The van der Waals surface area contributed by atoms with Crippen molar-refractivity contribution in [3.05, 3.63) is 42.9 Å². The number of rotatable bonds is 4. The van der Waals surface area contributed by atoms with Crippen LogP contribution in [0.1, 0.15) is 23.7 Å². The fraction of sp³-hybridized carbons (Fsp3) is 0.273. The van der Waals surface area contributed by atoms with Crippen molar-refractivity contribution < 1.29 is 4.92 Å². The summed E-state index contributed by atoms with van der Waals surface area (Å²) < 4.78 is 0.572. The number of nitrogens with zero attached hydrogens (tertiary/aromatic N) is 3. The van der Waals surface area contributed by atoms with E-state index in [2.05, 4.69) is 31.2 Å². The summed E-state index contributed by atoms with van der Waals surface area (Å²) >= 11 is 4.69. The van der Waals surface area contributed by atoms with Crippen molar-refractivity contribution in [3.63, 3.8) is 0 Å². The van der Waals surface area contributed by atoms with Crippen molar-refractivity contribution in [1.82, 2.24) is 9.97 Å². The molecule has 2 heterocycles. The van der Waals surface area contributed by atoms with Crippen LogP contribution < -0.4 is 5.32 Å². The van der Waals surface area contributed by atoms with Crippen LogP contribution in [0, 0.1) is 17.0 Å². The molecule has 0 aliphatic rings. The molecule has 0 bridgehead atoms. The van der Waals surface area contributed by atoms with Gasteiger partial charge in [-0.1, -0.05) is 0 Å². The molecule has 2 aromatic heterocycles. The number of aryl methyl sites for hydroxylation is 1. The fourth-order valence-electron chi connectivity index (χ4n) is 1.52. The van der Waals surface area contributed by atoms with E-state index in [4.69, 9.17) is 0 Å². The number of thiazole rings is 1. The lowest BCUT2D eigenvalue weighted by molar-refractivity contribution is -0.384. The Balaban J connectivity index is 2.26. The van der Waals surface area contributed by atoms with Crippen molar-refractivity contribution in [1.29, 1.82) is 0 Å². The van der Waals surface area contributed by atoms with Gasteiger partial charge in [0.05, 0.1) is 11.0 Å². The van der Waals surface area contributed by atoms with E-state index in [0.717, 1.165) is 10.7 Å². The van der Waals surface area contributed by atoms with Crippen molar-refractivity contribution in [2.75, 3.05) is 5.32 Å². The topological polar surface area (TPSA) is 81.0 Å². The summed E-state index contributed by atoms with van der Waals surface area (Å²) in [5.41, 5.74) is 0.876. The van der Waals surface area contributed by atoms with Gasteiger partial charge in [0.1, 0.15) is 5.01 Å². The highest BCUT2D eigenvalue weighted by atomic mass is 79.9. The van der Waals surface area contributed by atoms with E-state index >= 15 is 0 Å². The molecule has 100 valence electrons. The minimum Gasteiger partial charge on any atom is -0.355 e. The molecule has 0 spiro atoms. The van der Waals surface area contributed by atoms with Crippen LogP contribution in [0.5, 0.6) is 0 Å². The van der Waals surface area contributed by atoms with Crippen LogP contribution in [0.15, 0.2) is 22.1 Å². The second-order valence-corrected chi connectivity index (χ2v) is 5.78. The zero-order valence-electron chi connectivity index (χ0n) is 10.3. The van der Waals surface area contributed by atoms with Gasteiger partial charge in [-0.05, 0) is 29.8 Å².